The summed E-state index contributed by atoms with van der Waals surface area (Å²) in [5, 5.41) is 17.7. The van der Waals surface area contributed by atoms with E-state index in [9.17, 15) is 13.6 Å². The number of aromatic nitrogens is 3. The second kappa shape index (κ2) is 5.84. The molecule has 0 bridgehead atoms. The molecule has 23 heavy (non-hydrogen) atoms. The number of ether oxygens (including phenoxy) is 1. The molecule has 1 heterocycles. The van der Waals surface area contributed by atoms with Crippen molar-refractivity contribution in [3.8, 4) is 22.8 Å². The number of H-pyrrole nitrogens is 1. The third-order valence-electron chi connectivity index (χ3n) is 3.05. The lowest BCUT2D eigenvalue weighted by atomic mass is 10.0. The molecule has 0 amide bonds. The van der Waals surface area contributed by atoms with Gasteiger partial charge in [-0.3, -0.25) is 0 Å². The molecular weight excluding hydrogens is 308 g/mol. The van der Waals surface area contributed by atoms with Gasteiger partial charge in [-0.05, 0) is 23.8 Å². The van der Waals surface area contributed by atoms with E-state index in [2.05, 4.69) is 15.4 Å². The van der Waals surface area contributed by atoms with Crippen LogP contribution in [0.5, 0.6) is 11.6 Å². The first-order valence-corrected chi connectivity index (χ1v) is 6.43. The van der Waals surface area contributed by atoms with Gasteiger partial charge in [0.2, 0.25) is 5.69 Å². The predicted octanol–water partition coefficient (Wildman–Crippen LogP) is 3.24. The van der Waals surface area contributed by atoms with Gasteiger partial charge < -0.3 is 9.84 Å². The highest BCUT2D eigenvalue weighted by Crippen LogP contribution is 2.30. The highest BCUT2D eigenvalue weighted by molar-refractivity contribution is 5.87. The van der Waals surface area contributed by atoms with Crippen molar-refractivity contribution in [2.75, 3.05) is 0 Å². The summed E-state index contributed by atoms with van der Waals surface area (Å²) in [6.45, 7) is 0. The summed E-state index contributed by atoms with van der Waals surface area (Å²) in [5.41, 5.74) is 0.101. The Balaban J connectivity index is 1.93. The first kappa shape index (κ1) is 14.6. The predicted molar refractivity (Wildman–Crippen MR) is 75.2 cm³/mol. The van der Waals surface area contributed by atoms with Crippen molar-refractivity contribution < 1.29 is 23.4 Å². The first-order valence-electron chi connectivity index (χ1n) is 6.43. The number of hydrogen-bond donors (Lipinski definition) is 2. The van der Waals surface area contributed by atoms with E-state index in [0.29, 0.717) is 5.56 Å². The molecule has 2 aromatic carbocycles. The fraction of sp³-hybridized carbons (Fsp3) is 0. The summed E-state index contributed by atoms with van der Waals surface area (Å²) in [5.74, 6) is -3.16. The van der Waals surface area contributed by atoms with Crippen LogP contribution in [0.3, 0.4) is 0 Å². The number of hydrogen-bond acceptors (Lipinski definition) is 4. The van der Waals surface area contributed by atoms with Gasteiger partial charge in [-0.2, -0.15) is 0 Å². The standard InChI is InChI=1S/C15H9F2N3O3/c16-10-4-2-1-3-9(10)8-5-6-12(11(17)7-8)23-14-13(15(21)22)18-20-19-14/h1-7H,(H,21,22)(H,18,19,20). The molecule has 0 radical (unpaired) electrons. The topological polar surface area (TPSA) is 88.1 Å². The molecule has 116 valence electrons. The third kappa shape index (κ3) is 2.86. The van der Waals surface area contributed by atoms with E-state index < -0.39 is 23.3 Å². The minimum absolute atomic E-state index is 0.237. The number of nitrogens with one attached hydrogen (secondary N) is 1. The summed E-state index contributed by atoms with van der Waals surface area (Å²) >= 11 is 0. The number of aromatic carboxylic acids is 1. The van der Waals surface area contributed by atoms with Crippen LogP contribution < -0.4 is 4.74 Å². The highest BCUT2D eigenvalue weighted by Gasteiger charge is 2.18. The monoisotopic (exact) mass is 317 g/mol. The zero-order chi connectivity index (χ0) is 16.4. The van der Waals surface area contributed by atoms with Crippen LogP contribution in [0.1, 0.15) is 10.5 Å². The summed E-state index contributed by atoms with van der Waals surface area (Å²) in [6, 6.07) is 9.78. The molecule has 0 fully saturated rings. The molecule has 0 saturated carbocycles. The van der Waals surface area contributed by atoms with Gasteiger partial charge in [-0.15, -0.1) is 5.10 Å². The van der Waals surface area contributed by atoms with Crippen molar-refractivity contribution in [1.82, 2.24) is 15.4 Å². The summed E-state index contributed by atoms with van der Waals surface area (Å²) < 4.78 is 33.0. The van der Waals surface area contributed by atoms with E-state index in [1.807, 2.05) is 0 Å². The van der Waals surface area contributed by atoms with Crippen LogP contribution in [-0.2, 0) is 0 Å². The molecule has 1 aromatic heterocycles. The number of carbonyl (C=O) groups is 1. The Kier molecular flexibility index (Phi) is 3.71. The first-order chi connectivity index (χ1) is 11.1. The van der Waals surface area contributed by atoms with Gasteiger partial charge in [0, 0.05) is 5.56 Å². The fourth-order valence-corrected chi connectivity index (χ4v) is 1.99. The lowest BCUT2D eigenvalue weighted by molar-refractivity contribution is 0.0687. The maximum atomic E-state index is 14.1. The van der Waals surface area contributed by atoms with E-state index in [1.54, 1.807) is 6.07 Å². The van der Waals surface area contributed by atoms with Gasteiger partial charge in [-0.1, -0.05) is 29.5 Å². The molecule has 0 aliphatic carbocycles. The molecule has 2 N–H and O–H groups in total. The molecule has 0 saturated heterocycles. The Morgan fingerprint density at radius 2 is 1.91 bits per heavy atom. The largest absolute Gasteiger partial charge is 0.476 e. The minimum Gasteiger partial charge on any atom is -0.476 e. The van der Waals surface area contributed by atoms with Crippen LogP contribution in [0, 0.1) is 11.6 Å². The van der Waals surface area contributed by atoms with Crippen LogP contribution in [-0.4, -0.2) is 26.5 Å². The number of nitrogens with zero attached hydrogens (tertiary/aromatic N) is 2. The van der Waals surface area contributed by atoms with Crippen molar-refractivity contribution in [2.45, 2.75) is 0 Å². The molecule has 0 unspecified atom stereocenters. The molecule has 0 spiro atoms. The summed E-state index contributed by atoms with van der Waals surface area (Å²) in [7, 11) is 0. The second-order valence-electron chi connectivity index (χ2n) is 4.52. The lowest BCUT2D eigenvalue weighted by Gasteiger charge is -2.08. The van der Waals surface area contributed by atoms with Crippen LogP contribution in [0.2, 0.25) is 0 Å². The average molecular weight is 317 g/mol. The Morgan fingerprint density at radius 3 is 2.61 bits per heavy atom. The van der Waals surface area contributed by atoms with Crippen LogP contribution in [0.25, 0.3) is 11.1 Å². The molecule has 3 aromatic rings. The zero-order valence-electron chi connectivity index (χ0n) is 11.5. The van der Waals surface area contributed by atoms with Crippen molar-refractivity contribution >= 4 is 5.97 Å². The van der Waals surface area contributed by atoms with Crippen molar-refractivity contribution in [1.29, 1.82) is 0 Å². The van der Waals surface area contributed by atoms with E-state index in [4.69, 9.17) is 9.84 Å². The molecule has 3 rings (SSSR count). The van der Waals surface area contributed by atoms with E-state index in [-0.39, 0.29) is 17.2 Å². The quantitative estimate of drug-likeness (QED) is 0.771. The van der Waals surface area contributed by atoms with Crippen molar-refractivity contribution in [3.63, 3.8) is 0 Å². The zero-order valence-corrected chi connectivity index (χ0v) is 11.5. The molecule has 0 aliphatic heterocycles. The van der Waals surface area contributed by atoms with Crippen LogP contribution in [0.15, 0.2) is 42.5 Å². The Bertz CT molecular complexity index is 880. The van der Waals surface area contributed by atoms with E-state index in [1.165, 1.54) is 30.3 Å². The maximum absolute atomic E-state index is 14.1. The van der Waals surface area contributed by atoms with Crippen LogP contribution in [0.4, 0.5) is 8.78 Å². The normalized spacial score (nSPS) is 10.5. The average Bonchev–Trinajstić information content (AvgIpc) is 2.98. The second-order valence-corrected chi connectivity index (χ2v) is 4.52. The van der Waals surface area contributed by atoms with E-state index >= 15 is 0 Å². The Hall–Kier alpha value is -3.29. The number of carboxylic acid groups (broad SMARTS) is 1. The van der Waals surface area contributed by atoms with Gasteiger partial charge in [-0.25, -0.2) is 18.7 Å². The third-order valence-corrected chi connectivity index (χ3v) is 3.05. The summed E-state index contributed by atoms with van der Waals surface area (Å²) in [6.07, 6.45) is 0. The number of halogens is 2. The van der Waals surface area contributed by atoms with Crippen LogP contribution >= 0.6 is 0 Å². The minimum atomic E-state index is -1.36. The SMILES string of the molecule is O=C(O)c1nn[nH]c1Oc1ccc(-c2ccccc2F)cc1F. The van der Waals surface area contributed by atoms with Gasteiger partial charge in [0.05, 0.1) is 0 Å². The Morgan fingerprint density at radius 1 is 1.13 bits per heavy atom. The summed E-state index contributed by atoms with van der Waals surface area (Å²) in [4.78, 5) is 10.9. The molecular formula is C15H9F2N3O3. The molecule has 0 aliphatic rings. The maximum Gasteiger partial charge on any atom is 0.362 e. The number of rotatable bonds is 4. The lowest BCUT2D eigenvalue weighted by Crippen LogP contribution is -2.00. The smallest absolute Gasteiger partial charge is 0.362 e. The van der Waals surface area contributed by atoms with Crippen molar-refractivity contribution in [2.24, 2.45) is 0 Å². The van der Waals surface area contributed by atoms with Gasteiger partial charge >= 0.3 is 5.97 Å². The number of benzene rings is 2. The van der Waals surface area contributed by atoms with Crippen molar-refractivity contribution in [3.05, 3.63) is 59.8 Å². The molecule has 8 heteroatoms. The van der Waals surface area contributed by atoms with Gasteiger partial charge in [0.15, 0.2) is 11.6 Å². The fourth-order valence-electron chi connectivity index (χ4n) is 1.99. The Labute approximate surface area is 128 Å². The number of carboxylic acids is 1. The van der Waals surface area contributed by atoms with Gasteiger partial charge in [0.25, 0.3) is 5.88 Å². The molecule has 0 atom stereocenters. The molecule has 6 nitrogen and oxygen atoms in total. The highest BCUT2D eigenvalue weighted by atomic mass is 19.1. The van der Waals surface area contributed by atoms with E-state index in [0.717, 1.165) is 6.07 Å². The number of aromatic amines is 1. The van der Waals surface area contributed by atoms with Gasteiger partial charge in [0.1, 0.15) is 5.82 Å².